The minimum atomic E-state index is 0.353. The second kappa shape index (κ2) is 5.35. The van der Waals surface area contributed by atoms with Crippen molar-refractivity contribution in [1.29, 1.82) is 0 Å². The molecule has 16 heavy (non-hydrogen) atoms. The fraction of sp³-hybridized carbons (Fsp3) is 0.571. The Morgan fingerprint density at radius 2 is 2.00 bits per heavy atom. The van der Waals surface area contributed by atoms with Crippen LogP contribution < -0.4 is 5.32 Å². The van der Waals surface area contributed by atoms with Crippen LogP contribution >= 0.6 is 0 Å². The average Bonchev–Trinajstić information content (AvgIpc) is 3.06. The highest BCUT2D eigenvalue weighted by Gasteiger charge is 2.25. The minimum Gasteiger partial charge on any atom is -0.508 e. The lowest BCUT2D eigenvalue weighted by Crippen LogP contribution is -2.31. The Morgan fingerprint density at radius 3 is 2.56 bits per heavy atom. The molecule has 2 heteroatoms. The van der Waals surface area contributed by atoms with Crippen molar-refractivity contribution in [2.24, 2.45) is 5.92 Å². The molecule has 0 aromatic heterocycles. The van der Waals surface area contributed by atoms with Crippen LogP contribution in [-0.4, -0.2) is 17.7 Å². The van der Waals surface area contributed by atoms with E-state index >= 15 is 0 Å². The molecule has 0 aliphatic heterocycles. The van der Waals surface area contributed by atoms with Gasteiger partial charge in [-0.2, -0.15) is 0 Å². The first-order valence-electron chi connectivity index (χ1n) is 6.29. The summed E-state index contributed by atoms with van der Waals surface area (Å²) >= 11 is 0. The molecule has 1 aliphatic rings. The molecule has 2 rings (SSSR count). The first-order valence-corrected chi connectivity index (χ1v) is 6.29. The van der Waals surface area contributed by atoms with Gasteiger partial charge in [-0.05, 0) is 43.0 Å². The smallest absolute Gasteiger partial charge is 0.115 e. The molecule has 0 saturated heterocycles. The van der Waals surface area contributed by atoms with E-state index in [0.29, 0.717) is 11.8 Å². The van der Waals surface area contributed by atoms with Crippen LogP contribution in [0, 0.1) is 5.92 Å². The predicted octanol–water partition coefficient (Wildman–Crippen LogP) is 2.71. The number of hydrogen-bond donors (Lipinski definition) is 2. The highest BCUT2D eigenvalue weighted by atomic mass is 16.3. The van der Waals surface area contributed by atoms with Crippen LogP contribution in [0.1, 0.15) is 31.7 Å². The lowest BCUT2D eigenvalue weighted by molar-refractivity contribution is 0.463. The van der Waals surface area contributed by atoms with Gasteiger partial charge in [-0.3, -0.25) is 0 Å². The van der Waals surface area contributed by atoms with E-state index in [4.69, 9.17) is 0 Å². The highest BCUT2D eigenvalue weighted by molar-refractivity contribution is 5.26. The van der Waals surface area contributed by atoms with Gasteiger partial charge in [-0.25, -0.2) is 0 Å². The summed E-state index contributed by atoms with van der Waals surface area (Å²) < 4.78 is 0. The van der Waals surface area contributed by atoms with Gasteiger partial charge in [-0.1, -0.05) is 31.9 Å². The van der Waals surface area contributed by atoms with Crippen LogP contribution in [0.2, 0.25) is 0 Å². The summed E-state index contributed by atoms with van der Waals surface area (Å²) in [5.41, 5.74) is 1.31. The van der Waals surface area contributed by atoms with E-state index in [0.717, 1.165) is 18.9 Å². The number of phenols is 1. The summed E-state index contributed by atoms with van der Waals surface area (Å²) in [4.78, 5) is 0. The lowest BCUT2D eigenvalue weighted by Gasteiger charge is -2.17. The van der Waals surface area contributed by atoms with Gasteiger partial charge < -0.3 is 10.4 Å². The summed E-state index contributed by atoms with van der Waals surface area (Å²) in [6.45, 7) is 3.20. The summed E-state index contributed by atoms with van der Waals surface area (Å²) in [5, 5.41) is 12.8. The van der Waals surface area contributed by atoms with Crippen LogP contribution in [-0.2, 0) is 6.42 Å². The van der Waals surface area contributed by atoms with Crippen LogP contribution in [0.4, 0.5) is 0 Å². The average molecular weight is 219 g/mol. The zero-order chi connectivity index (χ0) is 11.4. The number of hydrogen-bond acceptors (Lipinski definition) is 2. The molecule has 1 saturated carbocycles. The second-order valence-corrected chi connectivity index (χ2v) is 4.80. The summed E-state index contributed by atoms with van der Waals surface area (Å²) in [6.07, 6.45) is 5.20. The molecule has 1 aromatic carbocycles. The molecule has 0 heterocycles. The van der Waals surface area contributed by atoms with E-state index in [9.17, 15) is 5.11 Å². The third kappa shape index (κ3) is 3.53. The van der Waals surface area contributed by atoms with Gasteiger partial charge in [0, 0.05) is 6.04 Å². The Kier molecular flexibility index (Phi) is 3.83. The molecule has 1 unspecified atom stereocenters. The maximum absolute atomic E-state index is 9.23. The largest absolute Gasteiger partial charge is 0.508 e. The van der Waals surface area contributed by atoms with E-state index in [-0.39, 0.29) is 0 Å². The van der Waals surface area contributed by atoms with E-state index in [1.165, 1.54) is 24.8 Å². The van der Waals surface area contributed by atoms with E-state index in [2.05, 4.69) is 12.2 Å². The fourth-order valence-electron chi connectivity index (χ4n) is 2.20. The quantitative estimate of drug-likeness (QED) is 0.771. The second-order valence-electron chi connectivity index (χ2n) is 4.80. The molecule has 0 bridgehead atoms. The molecule has 2 nitrogen and oxygen atoms in total. The summed E-state index contributed by atoms with van der Waals surface area (Å²) in [5.74, 6) is 1.31. The van der Waals surface area contributed by atoms with Gasteiger partial charge >= 0.3 is 0 Å². The first kappa shape index (κ1) is 11.5. The molecule has 2 N–H and O–H groups in total. The highest BCUT2D eigenvalue weighted by Crippen LogP contribution is 2.34. The molecule has 0 radical (unpaired) electrons. The Hall–Kier alpha value is -1.02. The van der Waals surface area contributed by atoms with Crippen molar-refractivity contribution in [1.82, 2.24) is 5.32 Å². The first-order chi connectivity index (χ1) is 7.78. The van der Waals surface area contributed by atoms with Crippen LogP contribution in [0.15, 0.2) is 24.3 Å². The predicted molar refractivity (Wildman–Crippen MR) is 66.6 cm³/mol. The van der Waals surface area contributed by atoms with Gasteiger partial charge in [0.25, 0.3) is 0 Å². The molecule has 0 amide bonds. The SMILES string of the molecule is CCNC(Cc1ccc(O)cc1)CC1CC1. The van der Waals surface area contributed by atoms with Crippen molar-refractivity contribution in [3.63, 3.8) is 0 Å². The third-order valence-electron chi connectivity index (χ3n) is 3.23. The number of rotatable bonds is 6. The van der Waals surface area contributed by atoms with E-state index in [1.807, 2.05) is 12.1 Å². The van der Waals surface area contributed by atoms with Crippen LogP contribution in [0.3, 0.4) is 0 Å². The van der Waals surface area contributed by atoms with Gasteiger partial charge in [0.2, 0.25) is 0 Å². The van der Waals surface area contributed by atoms with Gasteiger partial charge in [0.15, 0.2) is 0 Å². The topological polar surface area (TPSA) is 32.3 Å². The normalized spacial score (nSPS) is 17.3. The third-order valence-corrected chi connectivity index (χ3v) is 3.23. The maximum Gasteiger partial charge on any atom is 0.115 e. The van der Waals surface area contributed by atoms with E-state index in [1.54, 1.807) is 12.1 Å². The van der Waals surface area contributed by atoms with Crippen LogP contribution in [0.5, 0.6) is 5.75 Å². The Morgan fingerprint density at radius 1 is 1.31 bits per heavy atom. The number of phenolic OH excluding ortho intramolecular Hbond substituents is 1. The molecule has 1 fully saturated rings. The van der Waals surface area contributed by atoms with Gasteiger partial charge in [0.05, 0.1) is 0 Å². The van der Waals surface area contributed by atoms with Crippen molar-refractivity contribution >= 4 is 0 Å². The molecule has 88 valence electrons. The fourth-order valence-corrected chi connectivity index (χ4v) is 2.20. The van der Waals surface area contributed by atoms with Crippen molar-refractivity contribution < 1.29 is 5.11 Å². The van der Waals surface area contributed by atoms with Crippen LogP contribution in [0.25, 0.3) is 0 Å². The minimum absolute atomic E-state index is 0.353. The number of aromatic hydroxyl groups is 1. The van der Waals surface area contributed by atoms with Crippen molar-refractivity contribution in [3.8, 4) is 5.75 Å². The van der Waals surface area contributed by atoms with Crippen molar-refractivity contribution in [2.45, 2.75) is 38.6 Å². The van der Waals surface area contributed by atoms with E-state index < -0.39 is 0 Å². The summed E-state index contributed by atoms with van der Waals surface area (Å²) in [7, 11) is 0. The lowest BCUT2D eigenvalue weighted by atomic mass is 10.0. The Bertz CT molecular complexity index is 316. The van der Waals surface area contributed by atoms with Gasteiger partial charge in [0.1, 0.15) is 5.75 Å². The van der Waals surface area contributed by atoms with Gasteiger partial charge in [-0.15, -0.1) is 0 Å². The standard InChI is InChI=1S/C14H21NO/c1-2-15-13(9-11-3-4-11)10-12-5-7-14(16)8-6-12/h5-8,11,13,15-16H,2-4,9-10H2,1H3. The maximum atomic E-state index is 9.23. The Balaban J connectivity index is 1.90. The Labute approximate surface area is 97.7 Å². The molecule has 0 spiro atoms. The molecular weight excluding hydrogens is 198 g/mol. The zero-order valence-electron chi connectivity index (χ0n) is 9.95. The van der Waals surface area contributed by atoms with Crippen molar-refractivity contribution in [2.75, 3.05) is 6.54 Å². The number of nitrogens with one attached hydrogen (secondary N) is 1. The van der Waals surface area contributed by atoms with Crippen molar-refractivity contribution in [3.05, 3.63) is 29.8 Å². The molecular formula is C14H21NO. The zero-order valence-corrected chi connectivity index (χ0v) is 9.95. The number of benzene rings is 1. The molecule has 1 atom stereocenters. The molecule has 1 aromatic rings. The number of likely N-dealkylation sites (N-methyl/N-ethyl adjacent to an activating group) is 1. The monoisotopic (exact) mass is 219 g/mol. The summed E-state index contributed by atoms with van der Waals surface area (Å²) in [6, 6.07) is 8.19. The molecule has 1 aliphatic carbocycles.